The molecule has 3 nitrogen and oxygen atoms in total. The molecule has 1 N–H and O–H groups in total. The summed E-state index contributed by atoms with van der Waals surface area (Å²) in [6.07, 6.45) is 0.895. The zero-order valence-electron chi connectivity index (χ0n) is 11.4. The monoisotopic (exact) mass is 269 g/mol. The topological polar surface area (TPSA) is 32.7 Å². The molecule has 0 aromatic carbocycles. The molecule has 0 unspecified atom stereocenters. The lowest BCUT2D eigenvalue weighted by atomic mass is 10.0. The lowest BCUT2D eigenvalue weighted by molar-refractivity contribution is -0.0143. The second-order valence-corrected chi connectivity index (χ2v) is 6.26. The van der Waals surface area contributed by atoms with E-state index in [0.717, 1.165) is 13.0 Å². The third-order valence-electron chi connectivity index (χ3n) is 3.47. The summed E-state index contributed by atoms with van der Waals surface area (Å²) < 4.78 is 5.46. The van der Waals surface area contributed by atoms with Gasteiger partial charge in [-0.15, -0.1) is 11.3 Å². The molecule has 0 spiro atoms. The van der Waals surface area contributed by atoms with E-state index < -0.39 is 6.10 Å². The van der Waals surface area contributed by atoms with Gasteiger partial charge in [0.1, 0.15) is 0 Å². The molecule has 1 aliphatic rings. The Morgan fingerprint density at radius 3 is 3.06 bits per heavy atom. The Labute approximate surface area is 113 Å². The summed E-state index contributed by atoms with van der Waals surface area (Å²) in [6.45, 7) is 8.37. The lowest BCUT2D eigenvalue weighted by Crippen LogP contribution is -2.40. The molecule has 102 valence electrons. The normalized spacial score (nSPS) is 22.2. The Balaban J connectivity index is 1.87. The maximum absolute atomic E-state index is 10.0. The Morgan fingerprint density at radius 2 is 2.33 bits per heavy atom. The molecule has 0 aliphatic carbocycles. The lowest BCUT2D eigenvalue weighted by Gasteiger charge is -2.34. The minimum atomic E-state index is -0.393. The number of hydrogen-bond acceptors (Lipinski definition) is 4. The van der Waals surface area contributed by atoms with E-state index >= 15 is 0 Å². The van der Waals surface area contributed by atoms with Gasteiger partial charge in [0.25, 0.3) is 0 Å². The summed E-state index contributed by atoms with van der Waals surface area (Å²) in [4.78, 5) is 3.86. The van der Waals surface area contributed by atoms with Gasteiger partial charge in [-0.2, -0.15) is 0 Å². The van der Waals surface area contributed by atoms with Gasteiger partial charge in [0, 0.05) is 24.0 Å². The van der Waals surface area contributed by atoms with Gasteiger partial charge in [-0.25, -0.2) is 0 Å². The van der Waals surface area contributed by atoms with Crippen LogP contribution in [-0.4, -0.2) is 41.9 Å². The van der Waals surface area contributed by atoms with Crippen molar-refractivity contribution in [3.8, 4) is 0 Å². The van der Waals surface area contributed by atoms with E-state index in [1.807, 2.05) is 25.2 Å². The fraction of sp³-hybridized carbons (Fsp3) is 0.714. The molecule has 1 aromatic rings. The summed E-state index contributed by atoms with van der Waals surface area (Å²) >= 11 is 1.85. The van der Waals surface area contributed by atoms with Crippen LogP contribution in [0.1, 0.15) is 37.3 Å². The molecule has 4 heteroatoms. The summed E-state index contributed by atoms with van der Waals surface area (Å²) in [7, 11) is 0. The number of hydrogen-bond donors (Lipinski definition) is 1. The number of ether oxygens (including phenoxy) is 1. The molecule has 1 aliphatic heterocycles. The zero-order chi connectivity index (χ0) is 13.1. The van der Waals surface area contributed by atoms with Crippen molar-refractivity contribution in [1.82, 2.24) is 4.90 Å². The van der Waals surface area contributed by atoms with Crippen molar-refractivity contribution in [2.24, 2.45) is 0 Å². The standard InChI is InChI=1S/C14H23NO2S/c1-10(2)17-9-12(16)8-15-6-4-14-13(11(15)3)5-7-18-14/h5,7,10-12,16H,4,6,8-9H2,1-3H3/t11-,12-/m1/s1. The number of rotatable bonds is 5. The fourth-order valence-corrected chi connectivity index (χ4v) is 3.40. The van der Waals surface area contributed by atoms with Gasteiger partial charge >= 0.3 is 0 Å². The van der Waals surface area contributed by atoms with Crippen LogP contribution in [0.25, 0.3) is 0 Å². The number of aliphatic hydroxyl groups is 1. The van der Waals surface area contributed by atoms with Crippen LogP contribution in [0.3, 0.4) is 0 Å². The van der Waals surface area contributed by atoms with E-state index in [-0.39, 0.29) is 6.10 Å². The SMILES string of the molecule is CC(C)OC[C@H](O)CN1CCc2sccc2[C@H]1C. The first-order valence-corrected chi connectivity index (χ1v) is 7.56. The third-order valence-corrected chi connectivity index (χ3v) is 4.47. The van der Waals surface area contributed by atoms with Crippen LogP contribution < -0.4 is 0 Å². The Bertz CT molecular complexity index is 378. The van der Waals surface area contributed by atoms with Crippen LogP contribution in [-0.2, 0) is 11.2 Å². The van der Waals surface area contributed by atoms with Crippen molar-refractivity contribution in [3.63, 3.8) is 0 Å². The molecule has 0 saturated heterocycles. The zero-order valence-corrected chi connectivity index (χ0v) is 12.2. The van der Waals surface area contributed by atoms with Crippen LogP contribution in [0, 0.1) is 0 Å². The predicted molar refractivity (Wildman–Crippen MR) is 75.1 cm³/mol. The van der Waals surface area contributed by atoms with Gasteiger partial charge in [-0.05, 0) is 44.2 Å². The van der Waals surface area contributed by atoms with Crippen LogP contribution in [0.15, 0.2) is 11.4 Å². The summed E-state index contributed by atoms with van der Waals surface area (Å²) in [5.41, 5.74) is 1.43. The van der Waals surface area contributed by atoms with E-state index in [1.165, 1.54) is 10.4 Å². The van der Waals surface area contributed by atoms with Crippen molar-refractivity contribution in [2.45, 2.75) is 45.4 Å². The number of β-amino-alcohol motifs (C(OH)–C–C–N with tert-alkyl or cyclic N) is 1. The number of aliphatic hydroxyl groups excluding tert-OH is 1. The van der Waals surface area contributed by atoms with Gasteiger partial charge in [0.15, 0.2) is 0 Å². The summed E-state index contributed by atoms with van der Waals surface area (Å²) in [6, 6.07) is 2.63. The van der Waals surface area contributed by atoms with Gasteiger partial charge in [0.05, 0.1) is 18.8 Å². The van der Waals surface area contributed by atoms with Crippen LogP contribution in [0.4, 0.5) is 0 Å². The highest BCUT2D eigenvalue weighted by Crippen LogP contribution is 2.32. The molecule has 0 bridgehead atoms. The largest absolute Gasteiger partial charge is 0.389 e. The van der Waals surface area contributed by atoms with Crippen molar-refractivity contribution in [2.75, 3.05) is 19.7 Å². The fourth-order valence-electron chi connectivity index (χ4n) is 2.44. The maximum Gasteiger partial charge on any atom is 0.0900 e. The van der Waals surface area contributed by atoms with E-state index in [2.05, 4.69) is 23.3 Å². The predicted octanol–water partition coefficient (Wildman–Crippen LogP) is 2.45. The van der Waals surface area contributed by atoms with Crippen molar-refractivity contribution in [3.05, 3.63) is 21.9 Å². The molecule has 1 aromatic heterocycles. The van der Waals surface area contributed by atoms with Crippen LogP contribution in [0.5, 0.6) is 0 Å². The number of fused-ring (bicyclic) bond motifs is 1. The smallest absolute Gasteiger partial charge is 0.0900 e. The van der Waals surface area contributed by atoms with Crippen molar-refractivity contribution < 1.29 is 9.84 Å². The maximum atomic E-state index is 10.0. The highest BCUT2D eigenvalue weighted by atomic mass is 32.1. The second-order valence-electron chi connectivity index (χ2n) is 5.26. The molecule has 18 heavy (non-hydrogen) atoms. The summed E-state index contributed by atoms with van der Waals surface area (Å²) in [5, 5.41) is 12.2. The summed E-state index contributed by atoms with van der Waals surface area (Å²) in [5.74, 6) is 0. The first-order valence-electron chi connectivity index (χ1n) is 6.68. The molecule has 0 saturated carbocycles. The van der Waals surface area contributed by atoms with E-state index in [0.29, 0.717) is 19.2 Å². The molecule has 2 atom stereocenters. The van der Waals surface area contributed by atoms with E-state index in [4.69, 9.17) is 4.74 Å². The minimum Gasteiger partial charge on any atom is -0.389 e. The van der Waals surface area contributed by atoms with E-state index in [1.54, 1.807) is 0 Å². The van der Waals surface area contributed by atoms with Crippen LogP contribution >= 0.6 is 11.3 Å². The molecule has 2 heterocycles. The second kappa shape index (κ2) is 6.15. The first-order chi connectivity index (χ1) is 8.58. The van der Waals surface area contributed by atoms with Gasteiger partial charge in [0.2, 0.25) is 0 Å². The van der Waals surface area contributed by atoms with Crippen molar-refractivity contribution in [1.29, 1.82) is 0 Å². The number of nitrogens with zero attached hydrogens (tertiary/aromatic N) is 1. The quantitative estimate of drug-likeness (QED) is 0.891. The highest BCUT2D eigenvalue weighted by molar-refractivity contribution is 7.10. The van der Waals surface area contributed by atoms with Gasteiger partial charge in [-0.3, -0.25) is 4.90 Å². The molecular weight excluding hydrogens is 246 g/mol. The average molecular weight is 269 g/mol. The Morgan fingerprint density at radius 1 is 1.56 bits per heavy atom. The highest BCUT2D eigenvalue weighted by Gasteiger charge is 2.26. The van der Waals surface area contributed by atoms with Crippen LogP contribution in [0.2, 0.25) is 0 Å². The minimum absolute atomic E-state index is 0.182. The third kappa shape index (κ3) is 3.32. The average Bonchev–Trinajstić information content (AvgIpc) is 2.79. The molecule has 2 rings (SSSR count). The first kappa shape index (κ1) is 14.0. The van der Waals surface area contributed by atoms with E-state index in [9.17, 15) is 5.11 Å². The Kier molecular flexibility index (Phi) is 4.78. The van der Waals surface area contributed by atoms with Crippen molar-refractivity contribution >= 4 is 11.3 Å². The number of thiophene rings is 1. The molecule has 0 radical (unpaired) electrons. The van der Waals surface area contributed by atoms with Gasteiger partial charge < -0.3 is 9.84 Å². The molecular formula is C14H23NO2S. The van der Waals surface area contributed by atoms with Gasteiger partial charge in [-0.1, -0.05) is 0 Å². The molecule has 0 amide bonds. The molecule has 0 fully saturated rings. The Hall–Kier alpha value is -0.420.